The first kappa shape index (κ1) is 13.1. The zero-order valence-electron chi connectivity index (χ0n) is 11.6. The molecule has 0 aromatic heterocycles. The number of rotatable bonds is 3. The van der Waals surface area contributed by atoms with Gasteiger partial charge in [0.1, 0.15) is 5.78 Å². The zero-order valence-corrected chi connectivity index (χ0v) is 11.6. The Morgan fingerprint density at radius 2 is 1.88 bits per heavy atom. The van der Waals surface area contributed by atoms with E-state index in [1.807, 2.05) is 20.8 Å². The highest BCUT2D eigenvalue weighted by molar-refractivity contribution is 5.83. The normalized spacial score (nSPS) is 27.8. The lowest BCUT2D eigenvalue weighted by Gasteiger charge is -2.24. The van der Waals surface area contributed by atoms with Crippen molar-refractivity contribution in [1.29, 1.82) is 0 Å². The van der Waals surface area contributed by atoms with E-state index in [0.717, 1.165) is 12.8 Å². The van der Waals surface area contributed by atoms with E-state index < -0.39 is 0 Å². The minimum atomic E-state index is -0.191. The molecule has 1 aliphatic carbocycles. The minimum Gasteiger partial charge on any atom is -0.372 e. The number of hydrogen-bond acceptors (Lipinski definition) is 2. The van der Waals surface area contributed by atoms with E-state index in [4.69, 9.17) is 4.74 Å². The Kier molecular flexibility index (Phi) is 3.63. The van der Waals surface area contributed by atoms with Crippen molar-refractivity contribution in [3.63, 3.8) is 0 Å². The second-order valence-electron chi connectivity index (χ2n) is 6.88. The lowest BCUT2D eigenvalue weighted by molar-refractivity contribution is -0.127. The van der Waals surface area contributed by atoms with E-state index in [2.05, 4.69) is 0 Å². The Bertz CT molecular complexity index is 282. The topological polar surface area (TPSA) is 26.3 Å². The van der Waals surface area contributed by atoms with Gasteiger partial charge in [-0.3, -0.25) is 4.79 Å². The molecule has 0 amide bonds. The Labute approximate surface area is 105 Å². The van der Waals surface area contributed by atoms with Crippen molar-refractivity contribution in [2.45, 2.75) is 83.8 Å². The highest BCUT2D eigenvalue weighted by atomic mass is 16.5. The predicted octanol–water partition coefficient (Wildman–Crippen LogP) is 3.87. The van der Waals surface area contributed by atoms with Crippen LogP contribution in [0.3, 0.4) is 0 Å². The predicted molar refractivity (Wildman–Crippen MR) is 69.0 cm³/mol. The van der Waals surface area contributed by atoms with Gasteiger partial charge in [0.15, 0.2) is 0 Å². The van der Waals surface area contributed by atoms with Crippen molar-refractivity contribution >= 4 is 5.78 Å². The molecule has 2 heteroatoms. The minimum absolute atomic E-state index is 0.191. The third-order valence-corrected chi connectivity index (χ3v) is 4.38. The fraction of sp³-hybridized carbons (Fsp3) is 0.933. The van der Waals surface area contributed by atoms with Gasteiger partial charge >= 0.3 is 0 Å². The molecule has 0 aromatic rings. The highest BCUT2D eigenvalue weighted by Crippen LogP contribution is 2.44. The van der Waals surface area contributed by atoms with Crippen LogP contribution in [0.5, 0.6) is 0 Å². The smallest absolute Gasteiger partial charge is 0.138 e. The molecular formula is C15H26O2. The Morgan fingerprint density at radius 3 is 2.47 bits per heavy atom. The van der Waals surface area contributed by atoms with Gasteiger partial charge in [-0.15, -0.1) is 0 Å². The fourth-order valence-electron chi connectivity index (χ4n) is 3.15. The quantitative estimate of drug-likeness (QED) is 0.746. The summed E-state index contributed by atoms with van der Waals surface area (Å²) in [5.74, 6) is 0.369. The fourth-order valence-corrected chi connectivity index (χ4v) is 3.15. The molecule has 0 aromatic carbocycles. The molecule has 0 N–H and O–H groups in total. The molecule has 2 rings (SSSR count). The van der Waals surface area contributed by atoms with Crippen LogP contribution in [0.1, 0.15) is 72.1 Å². The monoisotopic (exact) mass is 238 g/mol. The van der Waals surface area contributed by atoms with Crippen LogP contribution in [0.25, 0.3) is 0 Å². The van der Waals surface area contributed by atoms with E-state index in [1.165, 1.54) is 32.1 Å². The summed E-state index contributed by atoms with van der Waals surface area (Å²) in [6.45, 7) is 6.01. The average Bonchev–Trinajstić information content (AvgIpc) is 2.85. The average molecular weight is 238 g/mol. The number of carbonyl (C=O) groups excluding carboxylic acids is 1. The van der Waals surface area contributed by atoms with E-state index in [-0.39, 0.29) is 11.0 Å². The van der Waals surface area contributed by atoms with Gasteiger partial charge in [-0.2, -0.15) is 0 Å². The summed E-state index contributed by atoms with van der Waals surface area (Å²) in [6.07, 6.45) is 9.50. The maximum Gasteiger partial charge on any atom is 0.138 e. The molecule has 2 aliphatic rings. The van der Waals surface area contributed by atoms with Gasteiger partial charge in [0.2, 0.25) is 0 Å². The summed E-state index contributed by atoms with van der Waals surface area (Å²) in [7, 11) is 0. The Morgan fingerprint density at radius 1 is 1.24 bits per heavy atom. The summed E-state index contributed by atoms with van der Waals surface area (Å²) in [4.78, 5) is 11.9. The SMILES string of the molecule is CC(C)(C)C(=O)CCC1CCC2(CCCC2)O1. The third kappa shape index (κ3) is 3.09. The van der Waals surface area contributed by atoms with Crippen molar-refractivity contribution in [1.82, 2.24) is 0 Å². The van der Waals surface area contributed by atoms with Crippen molar-refractivity contribution in [2.75, 3.05) is 0 Å². The van der Waals surface area contributed by atoms with Crippen LogP contribution < -0.4 is 0 Å². The van der Waals surface area contributed by atoms with Crippen LogP contribution in [0, 0.1) is 5.41 Å². The van der Waals surface area contributed by atoms with Gasteiger partial charge < -0.3 is 4.74 Å². The molecule has 1 atom stereocenters. The number of hydrogen-bond donors (Lipinski definition) is 0. The van der Waals surface area contributed by atoms with Crippen molar-refractivity contribution in [3.8, 4) is 0 Å². The number of ketones is 1. The van der Waals surface area contributed by atoms with Gasteiger partial charge in [-0.05, 0) is 32.1 Å². The largest absolute Gasteiger partial charge is 0.372 e. The molecule has 2 fully saturated rings. The highest BCUT2D eigenvalue weighted by Gasteiger charge is 2.42. The van der Waals surface area contributed by atoms with E-state index in [1.54, 1.807) is 0 Å². The van der Waals surface area contributed by atoms with Crippen LogP contribution in [-0.2, 0) is 9.53 Å². The summed E-state index contributed by atoms with van der Waals surface area (Å²) in [5, 5.41) is 0. The maximum absolute atomic E-state index is 11.9. The molecule has 1 saturated carbocycles. The van der Waals surface area contributed by atoms with Gasteiger partial charge in [-0.25, -0.2) is 0 Å². The molecule has 0 radical (unpaired) electrons. The Balaban J connectivity index is 1.77. The van der Waals surface area contributed by atoms with E-state index in [0.29, 0.717) is 18.3 Å². The summed E-state index contributed by atoms with van der Waals surface area (Å²) >= 11 is 0. The van der Waals surface area contributed by atoms with Crippen LogP contribution in [0.15, 0.2) is 0 Å². The van der Waals surface area contributed by atoms with Crippen molar-refractivity contribution in [2.24, 2.45) is 5.41 Å². The number of Topliss-reactive ketones (excluding diaryl/α,β-unsaturated/α-hetero) is 1. The summed E-state index contributed by atoms with van der Waals surface area (Å²) in [6, 6.07) is 0. The molecular weight excluding hydrogens is 212 g/mol. The zero-order chi connectivity index (χ0) is 12.5. The molecule has 17 heavy (non-hydrogen) atoms. The first-order valence-electron chi connectivity index (χ1n) is 7.12. The second kappa shape index (κ2) is 4.72. The summed E-state index contributed by atoms with van der Waals surface area (Å²) < 4.78 is 6.22. The van der Waals surface area contributed by atoms with Crippen LogP contribution in [0.4, 0.5) is 0 Å². The van der Waals surface area contributed by atoms with Gasteiger partial charge in [0, 0.05) is 11.8 Å². The lowest BCUT2D eigenvalue weighted by Crippen LogP contribution is -2.26. The van der Waals surface area contributed by atoms with Crippen LogP contribution in [0.2, 0.25) is 0 Å². The van der Waals surface area contributed by atoms with Crippen LogP contribution in [-0.4, -0.2) is 17.5 Å². The van der Waals surface area contributed by atoms with Gasteiger partial charge in [0.25, 0.3) is 0 Å². The molecule has 1 unspecified atom stereocenters. The lowest BCUT2D eigenvalue weighted by atomic mass is 9.87. The molecule has 1 spiro atoms. The van der Waals surface area contributed by atoms with E-state index >= 15 is 0 Å². The van der Waals surface area contributed by atoms with Gasteiger partial charge in [0.05, 0.1) is 11.7 Å². The van der Waals surface area contributed by atoms with Gasteiger partial charge in [-0.1, -0.05) is 33.6 Å². The van der Waals surface area contributed by atoms with Crippen molar-refractivity contribution in [3.05, 3.63) is 0 Å². The molecule has 1 aliphatic heterocycles. The molecule has 2 nitrogen and oxygen atoms in total. The maximum atomic E-state index is 11.9. The van der Waals surface area contributed by atoms with Crippen LogP contribution >= 0.6 is 0 Å². The first-order chi connectivity index (χ1) is 7.91. The summed E-state index contributed by atoms with van der Waals surface area (Å²) in [5.41, 5.74) is 0.0269. The second-order valence-corrected chi connectivity index (χ2v) is 6.88. The number of carbonyl (C=O) groups is 1. The standard InChI is InChI=1S/C15H26O2/c1-14(2,3)13(16)7-6-12-8-11-15(17-12)9-4-5-10-15/h12H,4-11H2,1-3H3. The molecule has 1 saturated heterocycles. The molecule has 1 heterocycles. The van der Waals surface area contributed by atoms with E-state index in [9.17, 15) is 4.79 Å². The number of ether oxygens (including phenoxy) is 1. The Hall–Kier alpha value is -0.370. The van der Waals surface area contributed by atoms with Crippen molar-refractivity contribution < 1.29 is 9.53 Å². The first-order valence-corrected chi connectivity index (χ1v) is 7.12. The molecule has 0 bridgehead atoms. The third-order valence-electron chi connectivity index (χ3n) is 4.38. The molecule has 98 valence electrons.